The molecule has 2 heterocycles. The highest BCUT2D eigenvalue weighted by Gasteiger charge is 2.52. The summed E-state index contributed by atoms with van der Waals surface area (Å²) in [5.41, 5.74) is 2.57. The molecular formula is C23H33N3O2S2. The van der Waals surface area contributed by atoms with Crippen molar-refractivity contribution in [3.8, 4) is 0 Å². The summed E-state index contributed by atoms with van der Waals surface area (Å²) in [6, 6.07) is 7.82. The number of likely N-dealkylation sites (tertiary alicyclic amines) is 1. The predicted molar refractivity (Wildman–Crippen MR) is 126 cm³/mol. The van der Waals surface area contributed by atoms with E-state index >= 15 is 0 Å². The predicted octanol–water partition coefficient (Wildman–Crippen LogP) is 3.20. The van der Waals surface area contributed by atoms with Gasteiger partial charge < -0.3 is 15.5 Å². The molecule has 0 aromatic heterocycles. The molecule has 1 aliphatic carbocycles. The first kappa shape index (κ1) is 22.0. The lowest BCUT2D eigenvalue weighted by Gasteiger charge is -2.32. The molecule has 0 saturated carbocycles. The summed E-state index contributed by atoms with van der Waals surface area (Å²) in [5, 5.41) is 6.50. The number of hydrogen-bond donors (Lipinski definition) is 2. The van der Waals surface area contributed by atoms with E-state index in [2.05, 4.69) is 48.7 Å². The smallest absolute Gasteiger partial charge is 0.243 e. The number of rotatable bonds is 5. The number of benzene rings is 1. The van der Waals surface area contributed by atoms with Crippen LogP contribution in [0.25, 0.3) is 0 Å². The molecule has 2 aliphatic heterocycles. The molecule has 0 radical (unpaired) electrons. The number of amides is 2. The zero-order valence-corrected chi connectivity index (χ0v) is 19.8. The van der Waals surface area contributed by atoms with Gasteiger partial charge in [0.05, 0.1) is 16.2 Å². The molecule has 1 aromatic carbocycles. The quantitative estimate of drug-likeness (QED) is 0.726. The minimum atomic E-state index is -0.390. The van der Waals surface area contributed by atoms with Crippen molar-refractivity contribution in [3.63, 3.8) is 0 Å². The Morgan fingerprint density at radius 1 is 1.20 bits per heavy atom. The normalized spacial score (nSPS) is 26.1. The van der Waals surface area contributed by atoms with Gasteiger partial charge in [0.25, 0.3) is 0 Å². The first-order chi connectivity index (χ1) is 14.4. The Morgan fingerprint density at radius 3 is 2.63 bits per heavy atom. The topological polar surface area (TPSA) is 61.4 Å². The Labute approximate surface area is 188 Å². The van der Waals surface area contributed by atoms with Gasteiger partial charge in [0.1, 0.15) is 6.04 Å². The van der Waals surface area contributed by atoms with Crippen LogP contribution in [0.2, 0.25) is 0 Å². The Bertz CT molecular complexity index is 794. The molecule has 3 unspecified atom stereocenters. The zero-order chi connectivity index (χ0) is 21.3. The second-order valence-electron chi connectivity index (χ2n) is 8.96. The summed E-state index contributed by atoms with van der Waals surface area (Å²) in [7, 11) is 1.83. The SMILES string of the molecule is CNC(C(=O)N1CC2(CC1C(=O)NC1CCCc3ccccc31)SCCS2)C(C)C. The molecule has 2 N–H and O–H groups in total. The number of thioether (sulfide) groups is 2. The average Bonchev–Trinajstić information content (AvgIpc) is 3.35. The number of nitrogens with one attached hydrogen (secondary N) is 2. The average molecular weight is 448 g/mol. The van der Waals surface area contributed by atoms with Gasteiger partial charge in [0.2, 0.25) is 11.8 Å². The molecule has 1 aromatic rings. The monoisotopic (exact) mass is 447 g/mol. The van der Waals surface area contributed by atoms with Crippen LogP contribution in [0.5, 0.6) is 0 Å². The van der Waals surface area contributed by atoms with Gasteiger partial charge in [-0.15, -0.1) is 23.5 Å². The lowest BCUT2D eigenvalue weighted by atomic mass is 9.87. The van der Waals surface area contributed by atoms with E-state index in [1.165, 1.54) is 11.1 Å². The summed E-state index contributed by atoms with van der Waals surface area (Å²) in [6.07, 6.45) is 3.86. The van der Waals surface area contributed by atoms with Gasteiger partial charge in [-0.1, -0.05) is 38.1 Å². The minimum Gasteiger partial charge on any atom is -0.347 e. The van der Waals surface area contributed by atoms with Crippen LogP contribution in [0.4, 0.5) is 0 Å². The van der Waals surface area contributed by atoms with E-state index in [1.54, 1.807) is 0 Å². The van der Waals surface area contributed by atoms with Crippen LogP contribution >= 0.6 is 23.5 Å². The summed E-state index contributed by atoms with van der Waals surface area (Å²) in [4.78, 5) is 28.8. The molecular weight excluding hydrogens is 414 g/mol. The fraction of sp³-hybridized carbons (Fsp3) is 0.652. The molecule has 3 atom stereocenters. The molecule has 2 amide bonds. The van der Waals surface area contributed by atoms with Crippen molar-refractivity contribution in [2.24, 2.45) is 5.92 Å². The van der Waals surface area contributed by atoms with Crippen LogP contribution in [0, 0.1) is 5.92 Å². The van der Waals surface area contributed by atoms with Gasteiger partial charge in [-0.3, -0.25) is 9.59 Å². The summed E-state index contributed by atoms with van der Waals surface area (Å²) < 4.78 is -0.0303. The number of hydrogen-bond acceptors (Lipinski definition) is 5. The van der Waals surface area contributed by atoms with E-state index in [-0.39, 0.29) is 39.9 Å². The molecule has 1 spiro atoms. The molecule has 30 heavy (non-hydrogen) atoms. The fourth-order valence-corrected chi connectivity index (χ4v) is 8.36. The molecule has 7 heteroatoms. The summed E-state index contributed by atoms with van der Waals surface area (Å²) >= 11 is 3.85. The number of fused-ring (bicyclic) bond motifs is 1. The maximum Gasteiger partial charge on any atom is 0.243 e. The van der Waals surface area contributed by atoms with Gasteiger partial charge in [0, 0.05) is 24.5 Å². The van der Waals surface area contributed by atoms with Crippen LogP contribution in [0.15, 0.2) is 24.3 Å². The third-order valence-corrected chi connectivity index (χ3v) is 10.0. The van der Waals surface area contributed by atoms with Gasteiger partial charge in [-0.25, -0.2) is 0 Å². The first-order valence-corrected chi connectivity index (χ1v) is 13.0. The number of carbonyl (C=O) groups excluding carboxylic acids is 2. The number of carbonyl (C=O) groups is 2. The molecule has 5 nitrogen and oxygen atoms in total. The number of nitrogens with zero attached hydrogens (tertiary/aromatic N) is 1. The maximum atomic E-state index is 13.5. The lowest BCUT2D eigenvalue weighted by molar-refractivity contribution is -0.141. The van der Waals surface area contributed by atoms with E-state index in [0.29, 0.717) is 6.54 Å². The van der Waals surface area contributed by atoms with Crippen LogP contribution in [-0.2, 0) is 16.0 Å². The lowest BCUT2D eigenvalue weighted by Crippen LogP contribution is -2.54. The maximum absolute atomic E-state index is 13.5. The second kappa shape index (κ2) is 9.13. The van der Waals surface area contributed by atoms with Crippen LogP contribution in [0.1, 0.15) is 50.3 Å². The Hall–Kier alpha value is -1.18. The highest BCUT2D eigenvalue weighted by atomic mass is 32.2. The third kappa shape index (κ3) is 4.26. The molecule has 2 fully saturated rings. The van der Waals surface area contributed by atoms with Crippen molar-refractivity contribution in [2.75, 3.05) is 25.1 Å². The van der Waals surface area contributed by atoms with Gasteiger partial charge >= 0.3 is 0 Å². The van der Waals surface area contributed by atoms with Gasteiger partial charge in [-0.2, -0.15) is 0 Å². The Kier molecular flexibility index (Phi) is 6.70. The highest BCUT2D eigenvalue weighted by molar-refractivity contribution is 8.21. The fourth-order valence-electron chi connectivity index (χ4n) is 5.10. The molecule has 3 aliphatic rings. The summed E-state index contributed by atoms with van der Waals surface area (Å²) in [6.45, 7) is 4.77. The minimum absolute atomic E-state index is 0.00800. The van der Waals surface area contributed by atoms with Crippen LogP contribution in [-0.4, -0.2) is 58.0 Å². The standard InChI is InChI=1S/C23H33N3O2S2/c1-15(2)20(24-3)22(28)26-14-23(29-11-12-30-23)13-19(26)21(27)25-18-10-6-8-16-7-4-5-9-17(16)18/h4-5,7,9,15,18-20,24H,6,8,10-14H2,1-3H3,(H,25,27). The van der Waals surface area contributed by atoms with Crippen molar-refractivity contribution < 1.29 is 9.59 Å². The number of aryl methyl sites for hydroxylation is 1. The zero-order valence-electron chi connectivity index (χ0n) is 18.1. The highest BCUT2D eigenvalue weighted by Crippen LogP contribution is 2.52. The summed E-state index contributed by atoms with van der Waals surface area (Å²) in [5.74, 6) is 2.43. The van der Waals surface area contributed by atoms with Crippen molar-refractivity contribution in [1.82, 2.24) is 15.5 Å². The van der Waals surface area contributed by atoms with E-state index in [9.17, 15) is 9.59 Å². The molecule has 164 valence electrons. The van der Waals surface area contributed by atoms with Crippen molar-refractivity contribution >= 4 is 35.3 Å². The van der Waals surface area contributed by atoms with E-state index in [0.717, 1.165) is 37.2 Å². The van der Waals surface area contributed by atoms with Crippen molar-refractivity contribution in [1.29, 1.82) is 0 Å². The molecule has 2 saturated heterocycles. The van der Waals surface area contributed by atoms with E-state index < -0.39 is 0 Å². The third-order valence-electron chi connectivity index (χ3n) is 6.62. The van der Waals surface area contributed by atoms with E-state index in [1.807, 2.05) is 35.5 Å². The Morgan fingerprint density at radius 2 is 1.93 bits per heavy atom. The van der Waals surface area contributed by atoms with Crippen molar-refractivity contribution in [3.05, 3.63) is 35.4 Å². The van der Waals surface area contributed by atoms with Gasteiger partial charge in [-0.05, 0) is 43.4 Å². The molecule has 4 rings (SSSR count). The second-order valence-corrected chi connectivity index (χ2v) is 12.2. The number of likely N-dealkylation sites (N-methyl/N-ethyl adjacent to an activating group) is 1. The first-order valence-electron chi connectivity index (χ1n) is 11.1. The van der Waals surface area contributed by atoms with Crippen LogP contribution < -0.4 is 10.6 Å². The Balaban J connectivity index is 1.55. The van der Waals surface area contributed by atoms with Crippen molar-refractivity contribution in [2.45, 2.75) is 61.7 Å². The van der Waals surface area contributed by atoms with E-state index in [4.69, 9.17) is 0 Å². The largest absolute Gasteiger partial charge is 0.347 e. The van der Waals surface area contributed by atoms with Crippen LogP contribution in [0.3, 0.4) is 0 Å². The van der Waals surface area contributed by atoms with Gasteiger partial charge in [0.15, 0.2) is 0 Å². The molecule has 0 bridgehead atoms.